The average molecular weight is 251 g/mol. The molecule has 0 radical (unpaired) electrons. The molecule has 1 heterocycles. The van der Waals surface area contributed by atoms with Crippen LogP contribution in [0.15, 0.2) is 30.3 Å². The summed E-state index contributed by atoms with van der Waals surface area (Å²) in [5.41, 5.74) is 5.78. The van der Waals surface area contributed by atoms with Gasteiger partial charge in [0.05, 0.1) is 17.4 Å². The Balaban J connectivity index is 2.43. The highest BCUT2D eigenvalue weighted by molar-refractivity contribution is 6.30. The Morgan fingerprint density at radius 2 is 2.18 bits per heavy atom. The molecule has 90 valence electrons. The SMILES string of the molecule is Cc1cc(C(NN)c2cccc(Cl)c2)n(C)n1. The van der Waals surface area contributed by atoms with Crippen molar-refractivity contribution in [1.82, 2.24) is 15.2 Å². The van der Waals surface area contributed by atoms with Crippen LogP contribution in [0.1, 0.15) is 23.0 Å². The molecule has 0 aliphatic heterocycles. The maximum absolute atomic E-state index is 5.99. The first kappa shape index (κ1) is 12.1. The highest BCUT2D eigenvalue weighted by Gasteiger charge is 2.16. The average Bonchev–Trinajstić information content (AvgIpc) is 2.59. The molecule has 2 rings (SSSR count). The lowest BCUT2D eigenvalue weighted by atomic mass is 10.0. The molecule has 0 bridgehead atoms. The lowest BCUT2D eigenvalue weighted by Crippen LogP contribution is -2.30. The number of aryl methyl sites for hydroxylation is 2. The molecule has 4 nitrogen and oxygen atoms in total. The minimum absolute atomic E-state index is 0.111. The standard InChI is InChI=1S/C12H15ClN4/c1-8-6-11(17(2)16-8)12(15-14)9-4-3-5-10(13)7-9/h3-7,12,15H,14H2,1-2H3. The molecule has 17 heavy (non-hydrogen) atoms. The fourth-order valence-electron chi connectivity index (χ4n) is 1.94. The molecule has 5 heteroatoms. The van der Waals surface area contributed by atoms with Crippen LogP contribution < -0.4 is 11.3 Å². The number of aromatic nitrogens is 2. The van der Waals surface area contributed by atoms with Gasteiger partial charge < -0.3 is 0 Å². The summed E-state index contributed by atoms with van der Waals surface area (Å²) in [4.78, 5) is 0. The van der Waals surface area contributed by atoms with Crippen molar-refractivity contribution in [1.29, 1.82) is 0 Å². The molecular weight excluding hydrogens is 236 g/mol. The number of nitrogens with zero attached hydrogens (tertiary/aromatic N) is 2. The molecule has 0 fully saturated rings. The Labute approximate surface area is 105 Å². The third kappa shape index (κ3) is 2.49. The summed E-state index contributed by atoms with van der Waals surface area (Å²) in [6.45, 7) is 1.95. The molecule has 2 aromatic rings. The van der Waals surface area contributed by atoms with Crippen molar-refractivity contribution in [3.63, 3.8) is 0 Å². The second kappa shape index (κ2) is 4.87. The first-order chi connectivity index (χ1) is 8.11. The van der Waals surface area contributed by atoms with Crippen LogP contribution in [0.4, 0.5) is 0 Å². The topological polar surface area (TPSA) is 55.9 Å². The summed E-state index contributed by atoms with van der Waals surface area (Å²) in [5, 5.41) is 5.01. The second-order valence-corrected chi connectivity index (χ2v) is 4.43. The highest BCUT2D eigenvalue weighted by atomic mass is 35.5. The molecule has 3 N–H and O–H groups in total. The van der Waals surface area contributed by atoms with Crippen molar-refractivity contribution >= 4 is 11.6 Å². The number of hydrogen-bond acceptors (Lipinski definition) is 3. The maximum atomic E-state index is 5.99. The van der Waals surface area contributed by atoms with Crippen LogP contribution >= 0.6 is 11.6 Å². The van der Waals surface area contributed by atoms with Gasteiger partial charge in [0, 0.05) is 12.1 Å². The van der Waals surface area contributed by atoms with Crippen LogP contribution in [0.3, 0.4) is 0 Å². The third-order valence-electron chi connectivity index (χ3n) is 2.68. The normalized spacial score (nSPS) is 12.7. The van der Waals surface area contributed by atoms with Gasteiger partial charge in [-0.05, 0) is 30.7 Å². The van der Waals surface area contributed by atoms with Crippen molar-refractivity contribution in [3.05, 3.63) is 52.3 Å². The van der Waals surface area contributed by atoms with Crippen molar-refractivity contribution < 1.29 is 0 Å². The summed E-state index contributed by atoms with van der Waals surface area (Å²) in [6.07, 6.45) is 0. The molecule has 1 atom stereocenters. The number of rotatable bonds is 3. The Morgan fingerprint density at radius 1 is 1.41 bits per heavy atom. The Kier molecular flexibility index (Phi) is 3.47. The second-order valence-electron chi connectivity index (χ2n) is 3.99. The monoisotopic (exact) mass is 250 g/mol. The molecule has 0 spiro atoms. The van der Waals surface area contributed by atoms with E-state index < -0.39 is 0 Å². The van der Waals surface area contributed by atoms with Crippen molar-refractivity contribution in [2.45, 2.75) is 13.0 Å². The highest BCUT2D eigenvalue weighted by Crippen LogP contribution is 2.23. The molecular formula is C12H15ClN4. The van der Waals surface area contributed by atoms with E-state index in [1.807, 2.05) is 49.0 Å². The van der Waals surface area contributed by atoms with E-state index in [0.717, 1.165) is 17.0 Å². The smallest absolute Gasteiger partial charge is 0.0878 e. The molecule has 0 saturated carbocycles. The van der Waals surface area contributed by atoms with Crippen LogP contribution in [-0.4, -0.2) is 9.78 Å². The van der Waals surface area contributed by atoms with Crippen molar-refractivity contribution in [2.24, 2.45) is 12.9 Å². The largest absolute Gasteiger partial charge is 0.271 e. The quantitative estimate of drug-likeness (QED) is 0.647. The van der Waals surface area contributed by atoms with Gasteiger partial charge in [-0.25, -0.2) is 5.43 Å². The molecule has 0 aliphatic carbocycles. The van der Waals surface area contributed by atoms with Gasteiger partial charge in [0.25, 0.3) is 0 Å². The first-order valence-corrected chi connectivity index (χ1v) is 5.71. The number of halogens is 1. The molecule has 1 aromatic heterocycles. The minimum atomic E-state index is -0.111. The Hall–Kier alpha value is -1.36. The van der Waals surface area contributed by atoms with Gasteiger partial charge in [-0.3, -0.25) is 10.5 Å². The zero-order valence-corrected chi connectivity index (χ0v) is 10.6. The van der Waals surface area contributed by atoms with E-state index in [1.54, 1.807) is 0 Å². The maximum Gasteiger partial charge on any atom is 0.0878 e. The molecule has 1 unspecified atom stereocenters. The van der Waals surface area contributed by atoms with Crippen LogP contribution in [0.25, 0.3) is 0 Å². The van der Waals surface area contributed by atoms with E-state index in [4.69, 9.17) is 17.4 Å². The summed E-state index contributed by atoms with van der Waals surface area (Å²) in [6, 6.07) is 9.52. The van der Waals surface area contributed by atoms with Gasteiger partial charge in [0.2, 0.25) is 0 Å². The zero-order valence-electron chi connectivity index (χ0n) is 9.81. The van der Waals surface area contributed by atoms with Gasteiger partial charge >= 0.3 is 0 Å². The Morgan fingerprint density at radius 3 is 2.71 bits per heavy atom. The molecule has 0 aliphatic rings. The van der Waals surface area contributed by atoms with Gasteiger partial charge in [0.15, 0.2) is 0 Å². The van der Waals surface area contributed by atoms with Gasteiger partial charge in [-0.2, -0.15) is 5.10 Å². The molecule has 0 saturated heterocycles. The molecule has 0 amide bonds. The lowest BCUT2D eigenvalue weighted by molar-refractivity contribution is 0.574. The van der Waals surface area contributed by atoms with Gasteiger partial charge in [-0.15, -0.1) is 0 Å². The zero-order chi connectivity index (χ0) is 12.4. The van der Waals surface area contributed by atoms with Crippen LogP contribution in [0.2, 0.25) is 5.02 Å². The number of hydrazine groups is 1. The summed E-state index contributed by atoms with van der Waals surface area (Å²) < 4.78 is 1.82. The van der Waals surface area contributed by atoms with E-state index >= 15 is 0 Å². The molecule has 1 aromatic carbocycles. The van der Waals surface area contributed by atoms with Crippen molar-refractivity contribution in [3.8, 4) is 0 Å². The van der Waals surface area contributed by atoms with Crippen LogP contribution in [-0.2, 0) is 7.05 Å². The van der Waals surface area contributed by atoms with Gasteiger partial charge in [-0.1, -0.05) is 23.7 Å². The van der Waals surface area contributed by atoms with E-state index in [9.17, 15) is 0 Å². The summed E-state index contributed by atoms with van der Waals surface area (Å²) in [5.74, 6) is 5.63. The van der Waals surface area contributed by atoms with E-state index in [0.29, 0.717) is 5.02 Å². The number of nitrogens with one attached hydrogen (secondary N) is 1. The number of hydrogen-bond donors (Lipinski definition) is 2. The Bertz CT molecular complexity index is 521. The van der Waals surface area contributed by atoms with Gasteiger partial charge in [0.1, 0.15) is 0 Å². The van der Waals surface area contributed by atoms with E-state index in [2.05, 4.69) is 10.5 Å². The number of benzene rings is 1. The summed E-state index contributed by atoms with van der Waals surface area (Å²) in [7, 11) is 1.90. The predicted octanol–water partition coefficient (Wildman–Crippen LogP) is 1.93. The van der Waals surface area contributed by atoms with Crippen molar-refractivity contribution in [2.75, 3.05) is 0 Å². The number of nitrogens with two attached hydrogens (primary N) is 1. The minimum Gasteiger partial charge on any atom is -0.271 e. The predicted molar refractivity (Wildman–Crippen MR) is 68.6 cm³/mol. The van der Waals surface area contributed by atoms with Crippen LogP contribution in [0.5, 0.6) is 0 Å². The van der Waals surface area contributed by atoms with E-state index in [1.165, 1.54) is 0 Å². The lowest BCUT2D eigenvalue weighted by Gasteiger charge is -2.16. The fraction of sp³-hybridized carbons (Fsp3) is 0.250. The first-order valence-electron chi connectivity index (χ1n) is 5.34. The van der Waals surface area contributed by atoms with Crippen LogP contribution in [0, 0.1) is 6.92 Å². The summed E-state index contributed by atoms with van der Waals surface area (Å²) >= 11 is 5.99. The van der Waals surface area contributed by atoms with E-state index in [-0.39, 0.29) is 6.04 Å². The third-order valence-corrected chi connectivity index (χ3v) is 2.92. The fourth-order valence-corrected chi connectivity index (χ4v) is 2.14.